The van der Waals surface area contributed by atoms with E-state index in [0.717, 1.165) is 12.1 Å². The van der Waals surface area contributed by atoms with Crippen LogP contribution >= 0.6 is 0 Å². The molecule has 23 heavy (non-hydrogen) atoms. The van der Waals surface area contributed by atoms with Crippen molar-refractivity contribution < 1.29 is 23.0 Å². The van der Waals surface area contributed by atoms with Crippen molar-refractivity contribution in [2.45, 2.75) is 18.4 Å². The molecule has 2 aromatic carbocycles. The van der Waals surface area contributed by atoms with Crippen molar-refractivity contribution in [2.75, 3.05) is 13.6 Å². The van der Waals surface area contributed by atoms with Crippen LogP contribution in [-0.4, -0.2) is 24.8 Å². The molecular weight excluding hydrogens is 307 g/mol. The van der Waals surface area contributed by atoms with Gasteiger partial charge in [0.05, 0.1) is 5.56 Å². The number of ether oxygens (including phenoxy) is 1. The number of hydrogen-bond acceptors (Lipinski definition) is 3. The molecular formula is C17H18F3NO2. The van der Waals surface area contributed by atoms with Gasteiger partial charge in [-0.1, -0.05) is 30.3 Å². The summed E-state index contributed by atoms with van der Waals surface area (Å²) in [4.78, 5) is 0. The normalized spacial score (nSPS) is 14.3. The third kappa shape index (κ3) is 4.71. The Balaban J connectivity index is 2.26. The van der Waals surface area contributed by atoms with Crippen LogP contribution in [0.1, 0.15) is 17.2 Å². The van der Waals surface area contributed by atoms with E-state index in [-0.39, 0.29) is 6.54 Å². The van der Waals surface area contributed by atoms with Crippen molar-refractivity contribution >= 4 is 0 Å². The maximum Gasteiger partial charge on any atom is 0.416 e. The first kappa shape index (κ1) is 17.3. The monoisotopic (exact) mass is 325 g/mol. The predicted octanol–water partition coefficient (Wildman–Crippen LogP) is 3.41. The quantitative estimate of drug-likeness (QED) is 0.855. The molecule has 2 N–H and O–H groups in total. The highest BCUT2D eigenvalue weighted by Crippen LogP contribution is 2.31. The van der Waals surface area contributed by atoms with Gasteiger partial charge in [0.1, 0.15) is 11.9 Å². The molecule has 0 aromatic heterocycles. The standard InChI is InChI=1S/C17H18F3NO2/c1-21-11-15(22)16(23-14-5-3-2-4-6-14)12-7-9-13(10-8-12)17(18,19)20/h2-10,15-16,21-22H,11H2,1H3. The van der Waals surface area contributed by atoms with Gasteiger partial charge in [0.25, 0.3) is 0 Å². The van der Waals surface area contributed by atoms with E-state index >= 15 is 0 Å². The molecule has 0 heterocycles. The van der Waals surface area contributed by atoms with Gasteiger partial charge in [-0.3, -0.25) is 0 Å². The molecule has 0 bridgehead atoms. The van der Waals surface area contributed by atoms with Crippen LogP contribution in [0.25, 0.3) is 0 Å². The Morgan fingerprint density at radius 1 is 1.04 bits per heavy atom. The number of aliphatic hydroxyl groups is 1. The highest BCUT2D eigenvalue weighted by atomic mass is 19.4. The second-order valence-corrected chi connectivity index (χ2v) is 5.10. The summed E-state index contributed by atoms with van der Waals surface area (Å²) in [6.07, 6.45) is -6.07. The SMILES string of the molecule is CNCC(O)C(Oc1ccccc1)c1ccc(C(F)(F)F)cc1. The van der Waals surface area contributed by atoms with Crippen molar-refractivity contribution in [1.82, 2.24) is 5.32 Å². The van der Waals surface area contributed by atoms with Gasteiger partial charge in [-0.2, -0.15) is 13.2 Å². The van der Waals surface area contributed by atoms with E-state index in [1.165, 1.54) is 12.1 Å². The lowest BCUT2D eigenvalue weighted by Crippen LogP contribution is -2.32. The van der Waals surface area contributed by atoms with E-state index < -0.39 is 23.9 Å². The summed E-state index contributed by atoms with van der Waals surface area (Å²) in [5, 5.41) is 13.1. The minimum Gasteiger partial charge on any atom is -0.483 e. The van der Waals surface area contributed by atoms with Crippen molar-refractivity contribution in [3.8, 4) is 5.75 Å². The summed E-state index contributed by atoms with van der Waals surface area (Å²) < 4.78 is 43.7. The molecule has 0 fully saturated rings. The summed E-state index contributed by atoms with van der Waals surface area (Å²) in [5.41, 5.74) is -0.257. The topological polar surface area (TPSA) is 41.5 Å². The van der Waals surface area contributed by atoms with Gasteiger partial charge in [0.2, 0.25) is 0 Å². The Hall–Kier alpha value is -2.05. The lowest BCUT2D eigenvalue weighted by Gasteiger charge is -2.25. The molecule has 0 radical (unpaired) electrons. The van der Waals surface area contributed by atoms with Crippen molar-refractivity contribution in [2.24, 2.45) is 0 Å². The van der Waals surface area contributed by atoms with E-state index in [1.54, 1.807) is 31.3 Å². The molecule has 2 atom stereocenters. The molecule has 0 amide bonds. The van der Waals surface area contributed by atoms with Gasteiger partial charge in [-0.25, -0.2) is 0 Å². The molecule has 0 saturated carbocycles. The summed E-state index contributed by atoms with van der Waals surface area (Å²) in [5.74, 6) is 0.535. The van der Waals surface area contributed by atoms with E-state index in [4.69, 9.17) is 4.74 Å². The summed E-state index contributed by atoms with van der Waals surface area (Å²) in [6, 6.07) is 13.5. The number of halogens is 3. The van der Waals surface area contributed by atoms with Gasteiger partial charge in [0, 0.05) is 6.54 Å². The van der Waals surface area contributed by atoms with Crippen molar-refractivity contribution in [1.29, 1.82) is 0 Å². The summed E-state index contributed by atoms with van der Waals surface area (Å²) in [6.45, 7) is 0.249. The lowest BCUT2D eigenvalue weighted by atomic mass is 10.0. The van der Waals surface area contributed by atoms with Crippen LogP contribution in [0.5, 0.6) is 5.75 Å². The molecule has 0 aliphatic rings. The van der Waals surface area contributed by atoms with Crippen LogP contribution in [0.3, 0.4) is 0 Å². The molecule has 6 heteroatoms. The molecule has 0 saturated heterocycles. The number of benzene rings is 2. The first-order chi connectivity index (χ1) is 10.9. The summed E-state index contributed by atoms with van der Waals surface area (Å²) >= 11 is 0. The molecule has 0 aliphatic heterocycles. The highest BCUT2D eigenvalue weighted by Gasteiger charge is 2.31. The van der Waals surface area contributed by atoms with E-state index in [0.29, 0.717) is 11.3 Å². The Bertz CT molecular complexity index is 599. The second kappa shape index (κ2) is 7.48. The minimum absolute atomic E-state index is 0.249. The zero-order chi connectivity index (χ0) is 16.9. The van der Waals surface area contributed by atoms with Crippen LogP contribution in [0, 0.1) is 0 Å². The zero-order valence-electron chi connectivity index (χ0n) is 12.5. The minimum atomic E-state index is -4.39. The number of aliphatic hydroxyl groups excluding tert-OH is 1. The van der Waals surface area contributed by atoms with E-state index in [9.17, 15) is 18.3 Å². The third-order valence-corrected chi connectivity index (χ3v) is 3.34. The average molecular weight is 325 g/mol. The fraction of sp³-hybridized carbons (Fsp3) is 0.294. The fourth-order valence-corrected chi connectivity index (χ4v) is 2.19. The largest absolute Gasteiger partial charge is 0.483 e. The molecule has 0 spiro atoms. The molecule has 124 valence electrons. The first-order valence-electron chi connectivity index (χ1n) is 7.13. The second-order valence-electron chi connectivity index (χ2n) is 5.10. The molecule has 0 aliphatic carbocycles. The first-order valence-corrected chi connectivity index (χ1v) is 7.13. The van der Waals surface area contributed by atoms with E-state index in [2.05, 4.69) is 5.32 Å². The van der Waals surface area contributed by atoms with Gasteiger partial charge in [-0.15, -0.1) is 0 Å². The fourth-order valence-electron chi connectivity index (χ4n) is 2.19. The Kier molecular flexibility index (Phi) is 5.63. The van der Waals surface area contributed by atoms with Crippen molar-refractivity contribution in [3.63, 3.8) is 0 Å². The van der Waals surface area contributed by atoms with Crippen LogP contribution in [0.15, 0.2) is 54.6 Å². The number of hydrogen-bond donors (Lipinski definition) is 2. The number of para-hydroxylation sites is 1. The van der Waals surface area contributed by atoms with Gasteiger partial charge < -0.3 is 15.2 Å². The number of rotatable bonds is 6. The predicted molar refractivity (Wildman–Crippen MR) is 81.2 cm³/mol. The number of nitrogens with one attached hydrogen (secondary N) is 1. The number of alkyl halides is 3. The van der Waals surface area contributed by atoms with Gasteiger partial charge >= 0.3 is 6.18 Å². The Labute approximate surface area is 132 Å². The third-order valence-electron chi connectivity index (χ3n) is 3.34. The molecule has 2 unspecified atom stereocenters. The van der Waals surface area contributed by atoms with Crippen LogP contribution in [0.4, 0.5) is 13.2 Å². The van der Waals surface area contributed by atoms with Crippen LogP contribution in [0.2, 0.25) is 0 Å². The number of likely N-dealkylation sites (N-methyl/N-ethyl adjacent to an activating group) is 1. The Morgan fingerprint density at radius 2 is 1.65 bits per heavy atom. The summed E-state index contributed by atoms with van der Waals surface area (Å²) in [7, 11) is 1.68. The van der Waals surface area contributed by atoms with Crippen LogP contribution in [-0.2, 0) is 6.18 Å². The Morgan fingerprint density at radius 3 is 2.17 bits per heavy atom. The van der Waals surface area contributed by atoms with E-state index in [1.807, 2.05) is 6.07 Å². The van der Waals surface area contributed by atoms with Gasteiger partial charge in [-0.05, 0) is 36.9 Å². The highest BCUT2D eigenvalue weighted by molar-refractivity contribution is 5.29. The maximum atomic E-state index is 12.7. The average Bonchev–Trinajstić information content (AvgIpc) is 2.53. The van der Waals surface area contributed by atoms with Gasteiger partial charge in [0.15, 0.2) is 6.10 Å². The lowest BCUT2D eigenvalue weighted by molar-refractivity contribution is -0.137. The maximum absolute atomic E-state index is 12.7. The van der Waals surface area contributed by atoms with Crippen molar-refractivity contribution in [3.05, 3.63) is 65.7 Å². The molecule has 2 rings (SSSR count). The van der Waals surface area contributed by atoms with Crippen LogP contribution < -0.4 is 10.1 Å². The zero-order valence-corrected chi connectivity index (χ0v) is 12.5. The molecule has 3 nitrogen and oxygen atoms in total. The molecule has 2 aromatic rings. The smallest absolute Gasteiger partial charge is 0.416 e.